The number of Topliss-reactive ketones (excluding diaryl/α,β-unsaturated/α-hetero) is 1. The lowest BCUT2D eigenvalue weighted by atomic mass is 10.1. The van der Waals surface area contributed by atoms with Crippen molar-refractivity contribution in [2.45, 2.75) is 52.4 Å². The van der Waals surface area contributed by atoms with E-state index < -0.39 is 6.16 Å². The van der Waals surface area contributed by atoms with Gasteiger partial charge < -0.3 is 9.47 Å². The maximum Gasteiger partial charge on any atom is 0.513 e. The zero-order chi connectivity index (χ0) is 20.9. The summed E-state index contributed by atoms with van der Waals surface area (Å²) in [5.41, 5.74) is 2.37. The van der Waals surface area contributed by atoms with E-state index in [9.17, 15) is 9.59 Å². The number of nitrogens with zero attached hydrogens (tertiary/aromatic N) is 1. The van der Waals surface area contributed by atoms with Crippen LogP contribution in [0.4, 0.5) is 10.5 Å². The summed E-state index contributed by atoms with van der Waals surface area (Å²) in [7, 11) is 0. The van der Waals surface area contributed by atoms with Gasteiger partial charge in [0.25, 0.3) is 0 Å². The molecule has 0 radical (unpaired) electrons. The Labute approximate surface area is 172 Å². The van der Waals surface area contributed by atoms with Crippen LogP contribution in [0.5, 0.6) is 5.75 Å². The highest BCUT2D eigenvalue weighted by molar-refractivity contribution is 5.96. The second kappa shape index (κ2) is 12.5. The first kappa shape index (κ1) is 22.3. The summed E-state index contributed by atoms with van der Waals surface area (Å²) in [6.45, 7) is 4.54. The molecule has 0 fully saturated rings. The van der Waals surface area contributed by atoms with Crippen molar-refractivity contribution in [2.75, 3.05) is 6.61 Å². The number of carbonyl (C=O) groups is 2. The molecule has 29 heavy (non-hydrogen) atoms. The Balaban J connectivity index is 1.85. The van der Waals surface area contributed by atoms with E-state index >= 15 is 0 Å². The van der Waals surface area contributed by atoms with Crippen molar-refractivity contribution in [2.24, 2.45) is 4.99 Å². The average molecular weight is 395 g/mol. The van der Waals surface area contributed by atoms with Crippen LogP contribution in [-0.4, -0.2) is 24.8 Å². The molecule has 0 aliphatic rings. The number of ketones is 1. The fraction of sp³-hybridized carbons (Fsp3) is 0.375. The summed E-state index contributed by atoms with van der Waals surface area (Å²) >= 11 is 0. The Morgan fingerprint density at radius 2 is 1.59 bits per heavy atom. The van der Waals surface area contributed by atoms with E-state index in [1.54, 1.807) is 18.3 Å². The smallest absolute Gasteiger partial charge is 0.434 e. The van der Waals surface area contributed by atoms with Crippen LogP contribution in [0, 0.1) is 0 Å². The van der Waals surface area contributed by atoms with Crippen molar-refractivity contribution in [3.8, 4) is 5.75 Å². The molecule has 0 spiro atoms. The van der Waals surface area contributed by atoms with Crippen LogP contribution >= 0.6 is 0 Å². The van der Waals surface area contributed by atoms with Crippen LogP contribution in [0.15, 0.2) is 53.5 Å². The van der Waals surface area contributed by atoms with Gasteiger partial charge in [0.05, 0.1) is 12.3 Å². The SMILES string of the molecule is CCCCCOC(=O)Oc1ccc(C=Nc2ccc(C(=O)CCCC)cc2)cc1. The normalized spacial score (nSPS) is 10.8. The molecule has 0 saturated carbocycles. The van der Waals surface area contributed by atoms with Gasteiger partial charge in [0.1, 0.15) is 5.75 Å². The van der Waals surface area contributed by atoms with Crippen LogP contribution in [0.1, 0.15) is 68.3 Å². The van der Waals surface area contributed by atoms with Crippen LogP contribution in [0.2, 0.25) is 0 Å². The van der Waals surface area contributed by atoms with Gasteiger partial charge in [-0.15, -0.1) is 0 Å². The van der Waals surface area contributed by atoms with Crippen molar-refractivity contribution in [1.82, 2.24) is 0 Å². The first-order valence-corrected chi connectivity index (χ1v) is 10.2. The van der Waals surface area contributed by atoms with Crippen molar-refractivity contribution in [3.63, 3.8) is 0 Å². The molecular weight excluding hydrogens is 366 g/mol. The van der Waals surface area contributed by atoms with Gasteiger partial charge in [-0.2, -0.15) is 0 Å². The van der Waals surface area contributed by atoms with Gasteiger partial charge in [-0.25, -0.2) is 4.79 Å². The van der Waals surface area contributed by atoms with E-state index in [0.29, 0.717) is 18.8 Å². The first-order chi connectivity index (χ1) is 14.1. The molecule has 2 rings (SSSR count). The number of ether oxygens (including phenoxy) is 2. The van der Waals surface area contributed by atoms with E-state index in [4.69, 9.17) is 9.47 Å². The van der Waals surface area contributed by atoms with Gasteiger partial charge >= 0.3 is 6.16 Å². The van der Waals surface area contributed by atoms with Gasteiger partial charge in [-0.1, -0.05) is 33.1 Å². The number of hydrogen-bond donors (Lipinski definition) is 0. The van der Waals surface area contributed by atoms with Gasteiger partial charge in [-0.05, 0) is 66.9 Å². The molecule has 154 valence electrons. The molecule has 5 nitrogen and oxygen atoms in total. The van der Waals surface area contributed by atoms with E-state index in [1.165, 1.54) is 0 Å². The fourth-order valence-electron chi connectivity index (χ4n) is 2.62. The lowest BCUT2D eigenvalue weighted by Crippen LogP contribution is -2.11. The highest BCUT2D eigenvalue weighted by Crippen LogP contribution is 2.16. The minimum atomic E-state index is -0.684. The fourth-order valence-corrected chi connectivity index (χ4v) is 2.62. The maximum absolute atomic E-state index is 12.0. The molecule has 2 aromatic rings. The molecule has 0 amide bonds. The molecule has 0 aliphatic carbocycles. The lowest BCUT2D eigenvalue weighted by molar-refractivity contribution is 0.0967. The minimum Gasteiger partial charge on any atom is -0.434 e. The molecule has 0 saturated heterocycles. The Bertz CT molecular complexity index is 795. The third-order valence-corrected chi connectivity index (χ3v) is 4.36. The summed E-state index contributed by atoms with van der Waals surface area (Å²) in [4.78, 5) is 28.0. The van der Waals surface area contributed by atoms with Crippen molar-refractivity contribution < 1.29 is 19.1 Å². The number of benzene rings is 2. The van der Waals surface area contributed by atoms with Gasteiger partial charge in [-0.3, -0.25) is 9.79 Å². The van der Waals surface area contributed by atoms with Gasteiger partial charge in [0.15, 0.2) is 5.78 Å². The molecular formula is C24H29NO4. The Morgan fingerprint density at radius 1 is 0.897 bits per heavy atom. The number of hydrogen-bond acceptors (Lipinski definition) is 5. The molecule has 5 heteroatoms. The minimum absolute atomic E-state index is 0.168. The summed E-state index contributed by atoms with van der Waals surface area (Å²) in [6, 6.07) is 14.3. The highest BCUT2D eigenvalue weighted by atomic mass is 16.7. The zero-order valence-electron chi connectivity index (χ0n) is 17.2. The van der Waals surface area contributed by atoms with Crippen LogP contribution in [0.25, 0.3) is 0 Å². The summed E-state index contributed by atoms with van der Waals surface area (Å²) in [5, 5.41) is 0. The third kappa shape index (κ3) is 8.30. The van der Waals surface area contributed by atoms with Crippen molar-refractivity contribution >= 4 is 23.8 Å². The molecule has 0 atom stereocenters. The largest absolute Gasteiger partial charge is 0.513 e. The average Bonchev–Trinajstić information content (AvgIpc) is 2.75. The Morgan fingerprint density at radius 3 is 2.24 bits per heavy atom. The van der Waals surface area contributed by atoms with Crippen molar-refractivity contribution in [3.05, 3.63) is 59.7 Å². The second-order valence-corrected chi connectivity index (χ2v) is 6.81. The standard InChI is InChI=1S/C24H29NO4/c1-3-5-7-17-28-24(27)29-22-15-9-19(10-16-22)18-25-21-13-11-20(12-14-21)23(26)8-6-4-2/h9-16,18H,3-8,17H2,1-2H3. The number of aliphatic imine (C=N–C) groups is 1. The molecule has 0 aliphatic heterocycles. The molecule has 0 bridgehead atoms. The molecule has 0 N–H and O–H groups in total. The second-order valence-electron chi connectivity index (χ2n) is 6.81. The summed E-state index contributed by atoms with van der Waals surface area (Å²) < 4.78 is 10.2. The monoisotopic (exact) mass is 395 g/mol. The van der Waals surface area contributed by atoms with E-state index in [0.717, 1.165) is 48.9 Å². The molecule has 0 aromatic heterocycles. The van der Waals surface area contributed by atoms with E-state index in [-0.39, 0.29) is 5.78 Å². The Hall–Kier alpha value is -2.95. The Kier molecular flexibility index (Phi) is 9.63. The highest BCUT2D eigenvalue weighted by Gasteiger charge is 2.06. The lowest BCUT2D eigenvalue weighted by Gasteiger charge is -2.05. The van der Waals surface area contributed by atoms with Crippen LogP contribution in [-0.2, 0) is 4.74 Å². The van der Waals surface area contributed by atoms with Gasteiger partial charge in [0.2, 0.25) is 0 Å². The summed E-state index contributed by atoms with van der Waals surface area (Å²) in [6.07, 6.45) is 6.49. The van der Waals surface area contributed by atoms with E-state index in [1.807, 2.05) is 36.4 Å². The number of carbonyl (C=O) groups excluding carboxylic acids is 2. The molecule has 0 unspecified atom stereocenters. The van der Waals surface area contributed by atoms with Crippen LogP contribution < -0.4 is 4.74 Å². The van der Waals surface area contributed by atoms with Gasteiger partial charge in [0, 0.05) is 18.2 Å². The predicted octanol–water partition coefficient (Wildman–Crippen LogP) is 6.52. The predicted molar refractivity (Wildman–Crippen MR) is 115 cm³/mol. The van der Waals surface area contributed by atoms with E-state index in [2.05, 4.69) is 18.8 Å². The maximum atomic E-state index is 12.0. The van der Waals surface area contributed by atoms with Crippen molar-refractivity contribution in [1.29, 1.82) is 0 Å². The molecule has 0 heterocycles. The topological polar surface area (TPSA) is 65.0 Å². The quantitative estimate of drug-likeness (QED) is 0.143. The van der Waals surface area contributed by atoms with Crippen LogP contribution in [0.3, 0.4) is 0 Å². The first-order valence-electron chi connectivity index (χ1n) is 10.2. The summed E-state index contributed by atoms with van der Waals surface area (Å²) in [5.74, 6) is 0.597. The molecule has 2 aromatic carbocycles. The zero-order valence-corrected chi connectivity index (χ0v) is 17.2. The number of unbranched alkanes of at least 4 members (excludes halogenated alkanes) is 3. The number of rotatable bonds is 11. The third-order valence-electron chi connectivity index (χ3n) is 4.36.